The van der Waals surface area contributed by atoms with E-state index in [1.807, 2.05) is 6.07 Å². The molecule has 7 nitrogen and oxygen atoms in total. The summed E-state index contributed by atoms with van der Waals surface area (Å²) in [7, 11) is -1.31. The Kier molecular flexibility index (Phi) is 7.25. The molecular formula is C19H21N3O4S. The second kappa shape index (κ2) is 9.63. The number of anilines is 1. The molecular weight excluding hydrogens is 366 g/mol. The molecule has 2 atom stereocenters. The van der Waals surface area contributed by atoms with Crippen molar-refractivity contribution in [3.8, 4) is 0 Å². The van der Waals surface area contributed by atoms with Gasteiger partial charge in [-0.2, -0.15) is 0 Å². The summed E-state index contributed by atoms with van der Waals surface area (Å²) in [5.74, 6) is -1.41. The molecule has 0 aromatic heterocycles. The van der Waals surface area contributed by atoms with Crippen molar-refractivity contribution in [3.05, 3.63) is 60.2 Å². The molecule has 27 heavy (non-hydrogen) atoms. The molecule has 0 bridgehead atoms. The van der Waals surface area contributed by atoms with Gasteiger partial charge in [-0.25, -0.2) is 0 Å². The minimum Gasteiger partial charge on any atom is -0.368 e. The van der Waals surface area contributed by atoms with Gasteiger partial charge in [-0.3, -0.25) is 18.6 Å². The molecule has 0 radical (unpaired) electrons. The highest BCUT2D eigenvalue weighted by Gasteiger charge is 2.21. The first-order valence-corrected chi connectivity index (χ1v) is 9.60. The highest BCUT2D eigenvalue weighted by molar-refractivity contribution is 7.85. The number of nitrogens with one attached hydrogen (secondary N) is 2. The van der Waals surface area contributed by atoms with Gasteiger partial charge in [0.05, 0.1) is 22.1 Å². The number of carbonyl (C=O) groups is 3. The number of para-hydroxylation sites is 1. The maximum Gasteiger partial charge on any atom is 0.254 e. The Bertz CT molecular complexity index is 855. The summed E-state index contributed by atoms with van der Waals surface area (Å²) < 4.78 is 12.3. The average molecular weight is 387 g/mol. The number of hydrogen-bond acceptors (Lipinski definition) is 4. The third-order valence-electron chi connectivity index (χ3n) is 3.73. The molecule has 2 rings (SSSR count). The highest BCUT2D eigenvalue weighted by atomic mass is 32.2. The van der Waals surface area contributed by atoms with Crippen molar-refractivity contribution in [2.45, 2.75) is 24.3 Å². The molecule has 3 amide bonds. The molecule has 0 unspecified atom stereocenters. The Balaban J connectivity index is 2.06. The van der Waals surface area contributed by atoms with Crippen molar-refractivity contribution in [1.29, 1.82) is 0 Å². The summed E-state index contributed by atoms with van der Waals surface area (Å²) in [6.07, 6.45) is 0.130. The zero-order chi connectivity index (χ0) is 19.8. The van der Waals surface area contributed by atoms with Gasteiger partial charge in [0.2, 0.25) is 11.8 Å². The van der Waals surface area contributed by atoms with Crippen molar-refractivity contribution in [2.75, 3.05) is 11.1 Å². The summed E-state index contributed by atoms with van der Waals surface area (Å²) in [6, 6.07) is 14.3. The zero-order valence-electron chi connectivity index (χ0n) is 14.8. The number of hydrogen-bond donors (Lipinski definition) is 3. The van der Waals surface area contributed by atoms with Gasteiger partial charge in [0.15, 0.2) is 0 Å². The van der Waals surface area contributed by atoms with Gasteiger partial charge < -0.3 is 16.4 Å². The van der Waals surface area contributed by atoms with E-state index >= 15 is 0 Å². The molecule has 0 fully saturated rings. The Morgan fingerprint density at radius 2 is 1.67 bits per heavy atom. The smallest absolute Gasteiger partial charge is 0.254 e. The largest absolute Gasteiger partial charge is 0.368 e. The van der Waals surface area contributed by atoms with Crippen LogP contribution >= 0.6 is 0 Å². The van der Waals surface area contributed by atoms with Crippen molar-refractivity contribution >= 4 is 34.2 Å². The van der Waals surface area contributed by atoms with Crippen LogP contribution in [0.2, 0.25) is 0 Å². The van der Waals surface area contributed by atoms with Crippen molar-refractivity contribution in [3.63, 3.8) is 0 Å². The number of carbonyl (C=O) groups excluding carboxylic acids is 3. The number of amides is 3. The van der Waals surface area contributed by atoms with Gasteiger partial charge >= 0.3 is 0 Å². The summed E-state index contributed by atoms with van der Waals surface area (Å²) in [4.78, 5) is 36.2. The van der Waals surface area contributed by atoms with E-state index in [1.165, 1.54) is 13.0 Å². The van der Waals surface area contributed by atoms with E-state index in [-0.39, 0.29) is 23.6 Å². The van der Waals surface area contributed by atoms with E-state index in [1.54, 1.807) is 42.5 Å². The first kappa shape index (κ1) is 20.3. The van der Waals surface area contributed by atoms with Crippen LogP contribution in [0.4, 0.5) is 5.69 Å². The second-order valence-electron chi connectivity index (χ2n) is 5.81. The van der Waals surface area contributed by atoms with E-state index in [4.69, 9.17) is 5.73 Å². The lowest BCUT2D eigenvalue weighted by atomic mass is 10.1. The fraction of sp³-hybridized carbons (Fsp3) is 0.211. The Labute approximate surface area is 159 Å². The molecule has 0 aliphatic carbocycles. The van der Waals surface area contributed by atoms with E-state index in [2.05, 4.69) is 10.6 Å². The molecule has 0 saturated heterocycles. The van der Waals surface area contributed by atoms with E-state index < -0.39 is 28.7 Å². The van der Waals surface area contributed by atoms with Crippen LogP contribution in [0.3, 0.4) is 0 Å². The molecule has 0 heterocycles. The molecule has 142 valence electrons. The van der Waals surface area contributed by atoms with Crippen LogP contribution in [0.5, 0.6) is 0 Å². The quantitative estimate of drug-likeness (QED) is 0.635. The molecule has 2 aromatic carbocycles. The first-order chi connectivity index (χ1) is 12.9. The SMILES string of the molecule is CC(=O)Nc1ccccc1C(=O)N[C@H](CC[S@](=O)c1ccccc1)C(N)=O. The van der Waals surface area contributed by atoms with E-state index in [0.717, 1.165) is 0 Å². The topological polar surface area (TPSA) is 118 Å². The number of primary amides is 1. The van der Waals surface area contributed by atoms with Crippen LogP contribution < -0.4 is 16.4 Å². The van der Waals surface area contributed by atoms with Crippen LogP contribution in [-0.2, 0) is 20.4 Å². The average Bonchev–Trinajstić information content (AvgIpc) is 2.65. The predicted molar refractivity (Wildman–Crippen MR) is 104 cm³/mol. The lowest BCUT2D eigenvalue weighted by Gasteiger charge is -2.17. The lowest BCUT2D eigenvalue weighted by Crippen LogP contribution is -2.45. The zero-order valence-corrected chi connectivity index (χ0v) is 15.6. The van der Waals surface area contributed by atoms with Gasteiger partial charge in [-0.05, 0) is 30.7 Å². The molecule has 2 aromatic rings. The number of nitrogens with two attached hydrogens (primary N) is 1. The van der Waals surface area contributed by atoms with E-state index in [0.29, 0.717) is 10.6 Å². The van der Waals surface area contributed by atoms with Gasteiger partial charge in [-0.15, -0.1) is 0 Å². The van der Waals surface area contributed by atoms with Crippen LogP contribution in [-0.4, -0.2) is 33.7 Å². The summed E-state index contributed by atoms with van der Waals surface area (Å²) >= 11 is 0. The summed E-state index contributed by atoms with van der Waals surface area (Å²) in [5.41, 5.74) is 5.93. The lowest BCUT2D eigenvalue weighted by molar-refractivity contribution is -0.120. The van der Waals surface area contributed by atoms with Gasteiger partial charge in [0, 0.05) is 17.6 Å². The van der Waals surface area contributed by atoms with Gasteiger partial charge in [0.25, 0.3) is 5.91 Å². The Morgan fingerprint density at radius 3 is 2.30 bits per heavy atom. The predicted octanol–water partition coefficient (Wildman–Crippen LogP) is 1.43. The molecule has 0 saturated carbocycles. The van der Waals surface area contributed by atoms with Crippen molar-refractivity contribution < 1.29 is 18.6 Å². The van der Waals surface area contributed by atoms with Crippen molar-refractivity contribution in [2.24, 2.45) is 5.73 Å². The monoisotopic (exact) mass is 387 g/mol. The molecule has 0 aliphatic rings. The minimum atomic E-state index is -1.31. The Hall–Kier alpha value is -3.00. The molecule has 8 heteroatoms. The Morgan fingerprint density at radius 1 is 1.04 bits per heavy atom. The van der Waals surface area contributed by atoms with Crippen molar-refractivity contribution in [1.82, 2.24) is 5.32 Å². The highest BCUT2D eigenvalue weighted by Crippen LogP contribution is 2.15. The van der Waals surface area contributed by atoms with Gasteiger partial charge in [0.1, 0.15) is 6.04 Å². The van der Waals surface area contributed by atoms with Gasteiger partial charge in [-0.1, -0.05) is 30.3 Å². The fourth-order valence-electron chi connectivity index (χ4n) is 2.42. The number of rotatable bonds is 8. The number of benzene rings is 2. The maximum atomic E-state index is 12.5. The maximum absolute atomic E-state index is 12.5. The minimum absolute atomic E-state index is 0.130. The standard InChI is InChI=1S/C19H21N3O4S/c1-13(23)21-16-10-6-5-9-15(16)19(25)22-17(18(20)24)11-12-27(26)14-7-3-2-4-8-14/h2-10,17H,11-12H2,1H3,(H2,20,24)(H,21,23)(H,22,25)/t17-,27+/m1/s1. The van der Waals surface area contributed by atoms with E-state index in [9.17, 15) is 18.6 Å². The van der Waals surface area contributed by atoms with Crippen LogP contribution in [0.25, 0.3) is 0 Å². The van der Waals surface area contributed by atoms with Crippen LogP contribution in [0, 0.1) is 0 Å². The fourth-order valence-corrected chi connectivity index (χ4v) is 3.56. The third-order valence-corrected chi connectivity index (χ3v) is 5.13. The summed E-state index contributed by atoms with van der Waals surface area (Å²) in [6.45, 7) is 1.33. The normalized spacial score (nSPS) is 12.6. The summed E-state index contributed by atoms with van der Waals surface area (Å²) in [5, 5.41) is 5.12. The third kappa shape index (κ3) is 6.03. The second-order valence-corrected chi connectivity index (χ2v) is 7.38. The molecule has 0 spiro atoms. The molecule has 4 N–H and O–H groups in total. The molecule has 0 aliphatic heterocycles. The van der Waals surface area contributed by atoms with Crippen LogP contribution in [0.1, 0.15) is 23.7 Å². The van der Waals surface area contributed by atoms with Crippen LogP contribution in [0.15, 0.2) is 59.5 Å². The first-order valence-electron chi connectivity index (χ1n) is 8.28.